The summed E-state index contributed by atoms with van der Waals surface area (Å²) < 4.78 is 5.34. The van der Waals surface area contributed by atoms with Gasteiger partial charge in [-0.3, -0.25) is 4.90 Å². The van der Waals surface area contributed by atoms with Gasteiger partial charge in [0.2, 0.25) is 0 Å². The summed E-state index contributed by atoms with van der Waals surface area (Å²) in [5, 5.41) is 4.83. The number of allylic oxidation sites excluding steroid dienone is 2. The molecule has 0 spiro atoms. The van der Waals surface area contributed by atoms with Gasteiger partial charge in [-0.2, -0.15) is 0 Å². The van der Waals surface area contributed by atoms with E-state index in [2.05, 4.69) is 28.7 Å². The molecule has 0 aromatic heterocycles. The molecule has 1 fully saturated rings. The molecule has 86 valence electrons. The van der Waals surface area contributed by atoms with Crippen molar-refractivity contribution in [3.63, 3.8) is 0 Å². The minimum absolute atomic E-state index is 0.0881. The predicted octanol–water partition coefficient (Wildman–Crippen LogP) is 2.14. The van der Waals surface area contributed by atoms with E-state index in [1.54, 1.807) is 0 Å². The largest absolute Gasteiger partial charge is 0.379 e. The van der Waals surface area contributed by atoms with Crippen LogP contribution in [0.15, 0.2) is 22.5 Å². The van der Waals surface area contributed by atoms with Crippen LogP contribution >= 0.6 is 10.9 Å². The molecule has 2 aliphatic rings. The molecular weight excluding hydrogens is 206 g/mol. The second-order valence-electron chi connectivity index (χ2n) is 4.23. The zero-order valence-corrected chi connectivity index (χ0v) is 10.4. The topological polar surface area (TPSA) is 12.5 Å². The number of nitrogens with zero attached hydrogens (tertiary/aromatic N) is 1. The van der Waals surface area contributed by atoms with Crippen LogP contribution in [0.25, 0.3) is 0 Å². The van der Waals surface area contributed by atoms with Gasteiger partial charge >= 0.3 is 0 Å². The summed E-state index contributed by atoms with van der Waals surface area (Å²) in [4.78, 5) is 2.52. The van der Waals surface area contributed by atoms with E-state index in [9.17, 15) is 0 Å². The monoisotopic (exact) mass is 227 g/mol. The summed E-state index contributed by atoms with van der Waals surface area (Å²) in [7, 11) is 0.0881. The molecule has 2 heterocycles. The lowest BCUT2D eigenvalue weighted by molar-refractivity contribution is 0.0381. The first kappa shape index (κ1) is 11.2. The van der Waals surface area contributed by atoms with Crippen molar-refractivity contribution in [3.8, 4) is 0 Å². The van der Waals surface area contributed by atoms with Crippen LogP contribution in [-0.4, -0.2) is 43.5 Å². The van der Waals surface area contributed by atoms with Crippen molar-refractivity contribution in [3.05, 3.63) is 22.5 Å². The highest BCUT2D eigenvalue weighted by molar-refractivity contribution is 8.22. The SMILES string of the molecule is CC1=C[SH](CCCN2CCOCC2)C=C1. The maximum Gasteiger partial charge on any atom is 0.0594 e. The van der Waals surface area contributed by atoms with Crippen molar-refractivity contribution >= 4 is 10.9 Å². The Hall–Kier alpha value is -0.250. The lowest BCUT2D eigenvalue weighted by atomic mass is 10.4. The van der Waals surface area contributed by atoms with Crippen LogP contribution in [0.3, 0.4) is 0 Å². The zero-order valence-electron chi connectivity index (χ0n) is 9.48. The standard InChI is InChI=1S/C12H21NOS/c1-12-3-10-15(11-12)9-2-4-13-5-7-14-8-6-13/h3,10-11,15H,2,4-9H2,1H3. The third kappa shape index (κ3) is 3.67. The van der Waals surface area contributed by atoms with E-state index in [0.29, 0.717) is 0 Å². The molecule has 0 aromatic carbocycles. The highest BCUT2D eigenvalue weighted by atomic mass is 32.2. The van der Waals surface area contributed by atoms with Gasteiger partial charge in [0.05, 0.1) is 13.2 Å². The van der Waals surface area contributed by atoms with E-state index in [1.165, 1.54) is 24.3 Å². The van der Waals surface area contributed by atoms with Crippen LogP contribution in [0.1, 0.15) is 13.3 Å². The molecule has 1 saturated heterocycles. The molecule has 15 heavy (non-hydrogen) atoms. The predicted molar refractivity (Wildman–Crippen MR) is 68.6 cm³/mol. The van der Waals surface area contributed by atoms with Crippen molar-refractivity contribution in [2.45, 2.75) is 13.3 Å². The number of hydrogen-bond donors (Lipinski definition) is 1. The molecule has 0 aliphatic carbocycles. The van der Waals surface area contributed by atoms with Gasteiger partial charge in [-0.15, -0.1) is 0 Å². The lowest BCUT2D eigenvalue weighted by Gasteiger charge is -2.26. The zero-order chi connectivity index (χ0) is 10.5. The first-order chi connectivity index (χ1) is 7.34. The first-order valence-electron chi connectivity index (χ1n) is 5.77. The lowest BCUT2D eigenvalue weighted by Crippen LogP contribution is -2.37. The molecule has 2 nitrogen and oxygen atoms in total. The second-order valence-corrected chi connectivity index (χ2v) is 6.27. The summed E-state index contributed by atoms with van der Waals surface area (Å²) in [6, 6.07) is 0. The van der Waals surface area contributed by atoms with Crippen molar-refractivity contribution < 1.29 is 4.74 Å². The number of thiol groups is 1. The molecule has 3 heteroatoms. The molecule has 0 aromatic rings. The summed E-state index contributed by atoms with van der Waals surface area (Å²) >= 11 is 0. The maximum absolute atomic E-state index is 5.34. The molecule has 2 aliphatic heterocycles. The molecular formula is C12H21NOS. The summed E-state index contributed by atoms with van der Waals surface area (Å²) in [5.74, 6) is 1.36. The average Bonchev–Trinajstić information content (AvgIpc) is 2.66. The van der Waals surface area contributed by atoms with Gasteiger partial charge in [0.1, 0.15) is 0 Å². The molecule has 2 rings (SSSR count). The Morgan fingerprint density at radius 2 is 2.20 bits per heavy atom. The van der Waals surface area contributed by atoms with Crippen molar-refractivity contribution in [2.75, 3.05) is 38.6 Å². The van der Waals surface area contributed by atoms with E-state index in [1.807, 2.05) is 0 Å². The maximum atomic E-state index is 5.34. The van der Waals surface area contributed by atoms with Crippen LogP contribution in [0.5, 0.6) is 0 Å². The quantitative estimate of drug-likeness (QED) is 0.739. The van der Waals surface area contributed by atoms with E-state index < -0.39 is 0 Å². The van der Waals surface area contributed by atoms with Crippen LogP contribution in [0.4, 0.5) is 0 Å². The van der Waals surface area contributed by atoms with Crippen LogP contribution in [0.2, 0.25) is 0 Å². The highest BCUT2D eigenvalue weighted by Crippen LogP contribution is 2.36. The smallest absolute Gasteiger partial charge is 0.0594 e. The number of ether oxygens (including phenoxy) is 1. The van der Waals surface area contributed by atoms with Gasteiger partial charge in [0, 0.05) is 13.1 Å². The molecule has 0 saturated carbocycles. The Labute approximate surface area is 95.3 Å². The Kier molecular flexibility index (Phi) is 4.29. The minimum Gasteiger partial charge on any atom is -0.379 e. The fourth-order valence-electron chi connectivity index (χ4n) is 2.00. The van der Waals surface area contributed by atoms with Gasteiger partial charge < -0.3 is 4.74 Å². The molecule has 0 N–H and O–H groups in total. The van der Waals surface area contributed by atoms with Crippen molar-refractivity contribution in [1.29, 1.82) is 0 Å². The number of hydrogen-bond acceptors (Lipinski definition) is 2. The Morgan fingerprint density at radius 3 is 2.87 bits per heavy atom. The summed E-state index contributed by atoms with van der Waals surface area (Å²) in [5.41, 5.74) is 1.45. The van der Waals surface area contributed by atoms with Crippen molar-refractivity contribution in [1.82, 2.24) is 4.90 Å². The fourth-order valence-corrected chi connectivity index (χ4v) is 3.91. The van der Waals surface area contributed by atoms with E-state index in [4.69, 9.17) is 4.74 Å². The van der Waals surface area contributed by atoms with Gasteiger partial charge in [-0.1, -0.05) is 6.08 Å². The second kappa shape index (κ2) is 5.73. The third-order valence-electron chi connectivity index (χ3n) is 2.89. The van der Waals surface area contributed by atoms with Gasteiger partial charge in [0.25, 0.3) is 0 Å². The minimum atomic E-state index is 0.0881. The molecule has 1 unspecified atom stereocenters. The van der Waals surface area contributed by atoms with Crippen LogP contribution in [-0.2, 0) is 4.74 Å². The van der Waals surface area contributed by atoms with Gasteiger partial charge in [-0.25, -0.2) is 10.9 Å². The summed E-state index contributed by atoms with van der Waals surface area (Å²) in [6.07, 6.45) is 3.60. The first-order valence-corrected chi connectivity index (χ1v) is 7.43. The highest BCUT2D eigenvalue weighted by Gasteiger charge is 2.10. The Morgan fingerprint density at radius 1 is 1.40 bits per heavy atom. The van der Waals surface area contributed by atoms with Crippen LogP contribution < -0.4 is 0 Å². The van der Waals surface area contributed by atoms with Gasteiger partial charge in [0.15, 0.2) is 0 Å². The summed E-state index contributed by atoms with van der Waals surface area (Å²) in [6.45, 7) is 7.55. The molecule has 0 radical (unpaired) electrons. The number of morpholine rings is 1. The van der Waals surface area contributed by atoms with Crippen molar-refractivity contribution in [2.24, 2.45) is 0 Å². The number of rotatable bonds is 4. The van der Waals surface area contributed by atoms with Crippen LogP contribution in [0, 0.1) is 0 Å². The van der Waals surface area contributed by atoms with E-state index in [-0.39, 0.29) is 10.9 Å². The third-order valence-corrected chi connectivity index (χ3v) is 5.00. The molecule has 0 bridgehead atoms. The van der Waals surface area contributed by atoms with Gasteiger partial charge in [-0.05, 0) is 42.0 Å². The van der Waals surface area contributed by atoms with E-state index >= 15 is 0 Å². The normalized spacial score (nSPS) is 29.4. The van der Waals surface area contributed by atoms with E-state index in [0.717, 1.165) is 26.3 Å². The molecule has 1 atom stereocenters. The fraction of sp³-hybridized carbons (Fsp3) is 0.667. The molecule has 0 amide bonds. The Balaban J connectivity index is 1.60. The average molecular weight is 227 g/mol. The Bertz CT molecular complexity index is 256.